The van der Waals surface area contributed by atoms with E-state index in [0.29, 0.717) is 23.0 Å². The minimum absolute atomic E-state index is 0.235. The van der Waals surface area contributed by atoms with Crippen LogP contribution in [0.1, 0.15) is 16.1 Å². The van der Waals surface area contributed by atoms with Crippen LogP contribution in [0.2, 0.25) is 0 Å². The Morgan fingerprint density at radius 3 is 3.00 bits per heavy atom. The fourth-order valence-electron chi connectivity index (χ4n) is 1.50. The maximum atomic E-state index is 12.9. The van der Waals surface area contributed by atoms with E-state index in [0.717, 1.165) is 5.69 Å². The van der Waals surface area contributed by atoms with Gasteiger partial charge in [-0.25, -0.2) is 9.37 Å². The number of hydrogen-bond donors (Lipinski definition) is 2. The topological polar surface area (TPSA) is 57.8 Å². The third-order valence-corrected chi connectivity index (χ3v) is 3.07. The summed E-state index contributed by atoms with van der Waals surface area (Å²) in [6.45, 7) is 0.491. The van der Waals surface area contributed by atoms with Crippen LogP contribution in [0.15, 0.2) is 35.2 Å². The summed E-state index contributed by atoms with van der Waals surface area (Å²) < 4.78 is 13.3. The van der Waals surface area contributed by atoms with Crippen molar-refractivity contribution in [2.45, 2.75) is 6.42 Å². The third kappa shape index (κ3) is 3.16. The maximum absolute atomic E-state index is 12.9. The van der Waals surface area contributed by atoms with Gasteiger partial charge in [0, 0.05) is 29.3 Å². The molecule has 0 aliphatic heterocycles. The molecule has 2 N–H and O–H groups in total. The Morgan fingerprint density at radius 2 is 2.33 bits per heavy atom. The minimum atomic E-state index is -0.379. The van der Waals surface area contributed by atoms with Crippen molar-refractivity contribution in [3.63, 3.8) is 0 Å². The number of nitrogens with one attached hydrogen (secondary N) is 2. The molecule has 4 nitrogen and oxygen atoms in total. The number of carbonyl (C=O) groups excluding carboxylic acids is 1. The highest BCUT2D eigenvalue weighted by molar-refractivity contribution is 9.10. The molecule has 0 atom stereocenters. The first-order valence-corrected chi connectivity index (χ1v) is 6.16. The van der Waals surface area contributed by atoms with Gasteiger partial charge in [-0.05, 0) is 34.1 Å². The highest BCUT2D eigenvalue weighted by Crippen LogP contribution is 2.17. The van der Waals surface area contributed by atoms with Gasteiger partial charge in [0.2, 0.25) is 0 Å². The Hall–Kier alpha value is -1.69. The Balaban J connectivity index is 1.91. The Kier molecular flexibility index (Phi) is 4.09. The number of imidazole rings is 1. The van der Waals surface area contributed by atoms with Crippen molar-refractivity contribution in [1.29, 1.82) is 0 Å². The number of rotatable bonds is 4. The van der Waals surface area contributed by atoms with Crippen LogP contribution in [0.25, 0.3) is 0 Å². The molecular weight excluding hydrogens is 301 g/mol. The first-order valence-electron chi connectivity index (χ1n) is 5.37. The second kappa shape index (κ2) is 5.77. The Bertz CT molecular complexity index is 542. The van der Waals surface area contributed by atoms with E-state index in [4.69, 9.17) is 0 Å². The van der Waals surface area contributed by atoms with Gasteiger partial charge in [-0.1, -0.05) is 0 Å². The molecule has 2 aromatic rings. The molecule has 0 spiro atoms. The van der Waals surface area contributed by atoms with Gasteiger partial charge in [0.1, 0.15) is 5.82 Å². The molecule has 0 fully saturated rings. The number of amides is 1. The van der Waals surface area contributed by atoms with Crippen molar-refractivity contribution >= 4 is 21.8 Å². The zero-order chi connectivity index (χ0) is 13.0. The molecule has 0 bridgehead atoms. The van der Waals surface area contributed by atoms with Gasteiger partial charge in [0.15, 0.2) is 0 Å². The Labute approximate surface area is 112 Å². The second-order valence-corrected chi connectivity index (χ2v) is 4.56. The van der Waals surface area contributed by atoms with Crippen molar-refractivity contribution in [3.8, 4) is 0 Å². The average molecular weight is 312 g/mol. The highest BCUT2D eigenvalue weighted by Gasteiger charge is 2.10. The van der Waals surface area contributed by atoms with Crippen molar-refractivity contribution in [3.05, 3.63) is 52.3 Å². The molecular formula is C12H11BrFN3O. The predicted octanol–water partition coefficient (Wildman–Crippen LogP) is 2.28. The number of aromatic nitrogens is 2. The molecule has 1 amide bonds. The minimum Gasteiger partial charge on any atom is -0.352 e. The summed E-state index contributed by atoms with van der Waals surface area (Å²) in [7, 11) is 0. The summed E-state index contributed by atoms with van der Waals surface area (Å²) in [5, 5.41) is 2.76. The summed E-state index contributed by atoms with van der Waals surface area (Å²) in [6.07, 6.45) is 3.97. The Morgan fingerprint density at radius 1 is 1.50 bits per heavy atom. The molecule has 94 valence electrons. The van der Waals surface area contributed by atoms with Crippen LogP contribution < -0.4 is 5.32 Å². The van der Waals surface area contributed by atoms with Crippen LogP contribution in [-0.4, -0.2) is 22.4 Å². The van der Waals surface area contributed by atoms with Gasteiger partial charge >= 0.3 is 0 Å². The lowest BCUT2D eigenvalue weighted by Gasteiger charge is -2.06. The van der Waals surface area contributed by atoms with Crippen LogP contribution in [0, 0.1) is 5.82 Å². The molecule has 0 radical (unpaired) electrons. The first kappa shape index (κ1) is 12.8. The molecule has 6 heteroatoms. The summed E-state index contributed by atoms with van der Waals surface area (Å²) >= 11 is 3.16. The summed E-state index contributed by atoms with van der Waals surface area (Å²) in [6, 6.07) is 3.98. The lowest BCUT2D eigenvalue weighted by molar-refractivity contribution is 0.0953. The van der Waals surface area contributed by atoms with Crippen LogP contribution in [0.3, 0.4) is 0 Å². The smallest absolute Gasteiger partial charge is 0.252 e. The number of carbonyl (C=O) groups is 1. The zero-order valence-corrected chi connectivity index (χ0v) is 11.0. The van der Waals surface area contributed by atoms with Gasteiger partial charge in [0.25, 0.3) is 5.91 Å². The van der Waals surface area contributed by atoms with Gasteiger partial charge in [-0.15, -0.1) is 0 Å². The molecule has 1 aromatic heterocycles. The first-order chi connectivity index (χ1) is 8.66. The normalized spacial score (nSPS) is 10.3. The molecule has 0 aliphatic rings. The van der Waals surface area contributed by atoms with E-state index < -0.39 is 0 Å². The number of nitrogens with zero attached hydrogens (tertiary/aromatic N) is 1. The molecule has 0 unspecified atom stereocenters. The molecule has 1 aromatic carbocycles. The number of halogens is 2. The van der Waals surface area contributed by atoms with Gasteiger partial charge in [-0.2, -0.15) is 0 Å². The number of aromatic amines is 1. The SMILES string of the molecule is O=C(NCCc1cnc[nH]1)c1ccc(F)cc1Br. The predicted molar refractivity (Wildman–Crippen MR) is 68.7 cm³/mol. The van der Waals surface area contributed by atoms with Crippen LogP contribution >= 0.6 is 15.9 Å². The van der Waals surface area contributed by atoms with E-state index in [1.54, 1.807) is 12.5 Å². The fraction of sp³-hybridized carbons (Fsp3) is 0.167. The van der Waals surface area contributed by atoms with Crippen molar-refractivity contribution < 1.29 is 9.18 Å². The maximum Gasteiger partial charge on any atom is 0.252 e. The van der Waals surface area contributed by atoms with Gasteiger partial charge in [-0.3, -0.25) is 4.79 Å². The van der Waals surface area contributed by atoms with Crippen LogP contribution in [0.4, 0.5) is 4.39 Å². The molecule has 1 heterocycles. The van der Waals surface area contributed by atoms with E-state index in [-0.39, 0.29) is 11.7 Å². The quantitative estimate of drug-likeness (QED) is 0.910. The second-order valence-electron chi connectivity index (χ2n) is 3.71. The summed E-state index contributed by atoms with van der Waals surface area (Å²) in [5.74, 6) is -0.614. The van der Waals surface area contributed by atoms with Crippen LogP contribution in [0.5, 0.6) is 0 Å². The van der Waals surface area contributed by atoms with Crippen molar-refractivity contribution in [2.24, 2.45) is 0 Å². The third-order valence-electron chi connectivity index (χ3n) is 2.41. The molecule has 0 saturated carbocycles. The largest absolute Gasteiger partial charge is 0.352 e. The monoisotopic (exact) mass is 311 g/mol. The average Bonchev–Trinajstić information content (AvgIpc) is 2.81. The molecule has 2 rings (SSSR count). The zero-order valence-electron chi connectivity index (χ0n) is 9.41. The van der Waals surface area contributed by atoms with E-state index in [1.807, 2.05) is 0 Å². The van der Waals surface area contributed by atoms with Gasteiger partial charge in [0.05, 0.1) is 11.9 Å². The van der Waals surface area contributed by atoms with Crippen LogP contribution in [-0.2, 0) is 6.42 Å². The van der Waals surface area contributed by atoms with E-state index in [2.05, 4.69) is 31.2 Å². The summed E-state index contributed by atoms with van der Waals surface area (Å²) in [4.78, 5) is 18.6. The van der Waals surface area contributed by atoms with E-state index in [1.165, 1.54) is 18.2 Å². The van der Waals surface area contributed by atoms with E-state index >= 15 is 0 Å². The van der Waals surface area contributed by atoms with E-state index in [9.17, 15) is 9.18 Å². The molecule has 18 heavy (non-hydrogen) atoms. The van der Waals surface area contributed by atoms with Crippen molar-refractivity contribution in [1.82, 2.24) is 15.3 Å². The lowest BCUT2D eigenvalue weighted by atomic mass is 10.2. The standard InChI is InChI=1S/C12H11BrFN3O/c13-11-5-8(14)1-2-10(11)12(18)16-4-3-9-6-15-7-17-9/h1-2,5-7H,3-4H2,(H,15,17)(H,16,18). The molecule has 0 aliphatic carbocycles. The van der Waals surface area contributed by atoms with Gasteiger partial charge < -0.3 is 10.3 Å². The van der Waals surface area contributed by atoms with Crippen molar-refractivity contribution in [2.75, 3.05) is 6.54 Å². The number of benzene rings is 1. The number of hydrogen-bond acceptors (Lipinski definition) is 2. The fourth-order valence-corrected chi connectivity index (χ4v) is 2.03. The lowest BCUT2D eigenvalue weighted by Crippen LogP contribution is -2.26. The number of H-pyrrole nitrogens is 1. The summed E-state index contributed by atoms with van der Waals surface area (Å²) in [5.41, 5.74) is 1.37. The molecule has 0 saturated heterocycles. The highest BCUT2D eigenvalue weighted by atomic mass is 79.9.